The molecular formula is C23H28N4O3. The van der Waals surface area contributed by atoms with Gasteiger partial charge >= 0.3 is 5.97 Å². The molecular weight excluding hydrogens is 380 g/mol. The minimum absolute atomic E-state index is 0.246. The van der Waals surface area contributed by atoms with E-state index >= 15 is 0 Å². The molecule has 0 atom stereocenters. The number of benzene rings is 2. The van der Waals surface area contributed by atoms with Gasteiger partial charge in [0, 0.05) is 51.2 Å². The van der Waals surface area contributed by atoms with Crippen molar-refractivity contribution in [2.24, 2.45) is 0 Å². The summed E-state index contributed by atoms with van der Waals surface area (Å²) in [5.74, 6) is -0.246. The number of hydrogen-bond acceptors (Lipinski definition) is 6. The number of methoxy groups -OCH3 is 2. The molecule has 7 heteroatoms. The summed E-state index contributed by atoms with van der Waals surface area (Å²) in [7, 11) is 3.16. The Balaban J connectivity index is 1.51. The van der Waals surface area contributed by atoms with Crippen molar-refractivity contribution in [3.63, 3.8) is 0 Å². The van der Waals surface area contributed by atoms with Gasteiger partial charge in [-0.25, -0.2) is 4.98 Å². The van der Waals surface area contributed by atoms with Crippen molar-refractivity contribution < 1.29 is 14.3 Å². The second kappa shape index (κ2) is 9.28. The van der Waals surface area contributed by atoms with Crippen molar-refractivity contribution in [1.29, 1.82) is 0 Å². The Bertz CT molecular complexity index is 1010. The molecule has 0 radical (unpaired) electrons. The molecule has 1 aliphatic rings. The van der Waals surface area contributed by atoms with E-state index in [9.17, 15) is 4.79 Å². The molecule has 7 nitrogen and oxygen atoms in total. The molecule has 1 saturated heterocycles. The summed E-state index contributed by atoms with van der Waals surface area (Å²) < 4.78 is 12.0. The minimum atomic E-state index is -0.246. The average Bonchev–Trinajstić information content (AvgIpc) is 3.21. The van der Waals surface area contributed by atoms with Crippen molar-refractivity contribution in [2.45, 2.75) is 6.42 Å². The highest BCUT2D eigenvalue weighted by atomic mass is 16.5. The third-order valence-corrected chi connectivity index (χ3v) is 5.64. The van der Waals surface area contributed by atoms with Crippen LogP contribution in [0.25, 0.3) is 16.7 Å². The van der Waals surface area contributed by atoms with Crippen LogP contribution >= 0.6 is 0 Å². The number of imidazole rings is 1. The number of esters is 1. The van der Waals surface area contributed by atoms with Crippen molar-refractivity contribution in [3.8, 4) is 5.69 Å². The number of aromatic nitrogens is 2. The Hall–Kier alpha value is -2.90. The fourth-order valence-electron chi connectivity index (χ4n) is 3.90. The number of hydrogen-bond donors (Lipinski definition) is 0. The third kappa shape index (κ3) is 4.47. The monoisotopic (exact) mass is 408 g/mol. The molecule has 0 bridgehead atoms. The lowest BCUT2D eigenvalue weighted by atomic mass is 10.1. The summed E-state index contributed by atoms with van der Waals surface area (Å²) in [6.45, 7) is 5.88. The van der Waals surface area contributed by atoms with E-state index in [0.29, 0.717) is 0 Å². The van der Waals surface area contributed by atoms with Crippen molar-refractivity contribution >= 4 is 22.7 Å². The summed E-state index contributed by atoms with van der Waals surface area (Å²) in [5, 5.41) is 0. The molecule has 0 unspecified atom stereocenters. The predicted octanol–water partition coefficient (Wildman–Crippen LogP) is 2.51. The molecule has 158 valence electrons. The number of carbonyl (C=O) groups excluding carboxylic acids is 1. The first-order chi connectivity index (χ1) is 14.7. The van der Waals surface area contributed by atoms with Gasteiger partial charge in [-0.2, -0.15) is 0 Å². The zero-order valence-corrected chi connectivity index (χ0v) is 17.6. The van der Waals surface area contributed by atoms with Gasteiger partial charge in [0.2, 0.25) is 0 Å². The van der Waals surface area contributed by atoms with E-state index in [1.165, 1.54) is 12.8 Å². The van der Waals surface area contributed by atoms with E-state index in [4.69, 9.17) is 9.47 Å². The molecule has 4 rings (SSSR count). The lowest BCUT2D eigenvalue weighted by Crippen LogP contribution is -2.47. The van der Waals surface area contributed by atoms with Gasteiger partial charge in [-0.3, -0.25) is 14.3 Å². The Morgan fingerprint density at radius 3 is 2.60 bits per heavy atom. The van der Waals surface area contributed by atoms with Crippen LogP contribution in [0, 0.1) is 0 Å². The smallest absolute Gasteiger partial charge is 0.309 e. The van der Waals surface area contributed by atoms with Crippen LogP contribution in [-0.2, 0) is 20.7 Å². The van der Waals surface area contributed by atoms with Crippen LogP contribution in [0.5, 0.6) is 0 Å². The molecule has 0 saturated carbocycles. The fraction of sp³-hybridized carbons (Fsp3) is 0.391. The molecule has 0 amide bonds. The van der Waals surface area contributed by atoms with Crippen LogP contribution in [0.15, 0.2) is 48.8 Å². The van der Waals surface area contributed by atoms with Gasteiger partial charge in [-0.1, -0.05) is 12.1 Å². The van der Waals surface area contributed by atoms with Crippen LogP contribution in [0.1, 0.15) is 5.56 Å². The predicted molar refractivity (Wildman–Crippen MR) is 117 cm³/mol. The Morgan fingerprint density at radius 1 is 1.03 bits per heavy atom. The van der Waals surface area contributed by atoms with Crippen LogP contribution in [0.2, 0.25) is 0 Å². The van der Waals surface area contributed by atoms with E-state index in [2.05, 4.69) is 43.6 Å². The van der Waals surface area contributed by atoms with E-state index < -0.39 is 0 Å². The van der Waals surface area contributed by atoms with Gasteiger partial charge in [0.15, 0.2) is 0 Å². The molecule has 2 heterocycles. The van der Waals surface area contributed by atoms with Crippen LogP contribution < -0.4 is 4.90 Å². The average molecular weight is 409 g/mol. The molecule has 1 aliphatic heterocycles. The quantitative estimate of drug-likeness (QED) is 0.560. The van der Waals surface area contributed by atoms with Crippen LogP contribution in [-0.4, -0.2) is 74.0 Å². The lowest BCUT2D eigenvalue weighted by molar-refractivity contribution is -0.139. The summed E-state index contributed by atoms with van der Waals surface area (Å²) in [5.41, 5.74) is 5.10. The summed E-state index contributed by atoms with van der Waals surface area (Å²) in [4.78, 5) is 21.0. The SMILES string of the molecule is COCCN1CCN(c2cccc(-n3cnc4cc(CC(=O)OC)ccc43)c2)CC1. The van der Waals surface area contributed by atoms with E-state index in [0.717, 1.165) is 61.6 Å². The zero-order valence-electron chi connectivity index (χ0n) is 17.6. The third-order valence-electron chi connectivity index (χ3n) is 5.64. The first-order valence-corrected chi connectivity index (χ1v) is 10.3. The van der Waals surface area contributed by atoms with Crippen molar-refractivity contribution in [2.75, 3.05) is 58.5 Å². The number of carbonyl (C=O) groups is 1. The molecule has 30 heavy (non-hydrogen) atoms. The van der Waals surface area contributed by atoms with Gasteiger partial charge < -0.3 is 14.4 Å². The lowest BCUT2D eigenvalue weighted by Gasteiger charge is -2.36. The van der Waals surface area contributed by atoms with Gasteiger partial charge in [0.25, 0.3) is 0 Å². The second-order valence-corrected chi connectivity index (χ2v) is 7.53. The van der Waals surface area contributed by atoms with Gasteiger partial charge in [0.05, 0.1) is 31.2 Å². The normalized spacial score (nSPS) is 14.9. The number of piperazine rings is 1. The first kappa shape index (κ1) is 20.4. The van der Waals surface area contributed by atoms with E-state index in [1.54, 1.807) is 7.11 Å². The first-order valence-electron chi connectivity index (χ1n) is 10.3. The van der Waals surface area contributed by atoms with Gasteiger partial charge in [0.1, 0.15) is 6.33 Å². The minimum Gasteiger partial charge on any atom is -0.469 e. The molecule has 1 fully saturated rings. The van der Waals surface area contributed by atoms with Gasteiger partial charge in [-0.05, 0) is 35.9 Å². The van der Waals surface area contributed by atoms with Crippen LogP contribution in [0.3, 0.4) is 0 Å². The number of ether oxygens (including phenoxy) is 2. The van der Waals surface area contributed by atoms with E-state index in [-0.39, 0.29) is 12.4 Å². The molecule has 0 N–H and O–H groups in total. The largest absolute Gasteiger partial charge is 0.469 e. The maximum absolute atomic E-state index is 11.5. The fourth-order valence-corrected chi connectivity index (χ4v) is 3.90. The van der Waals surface area contributed by atoms with E-state index in [1.807, 2.05) is 24.5 Å². The Kier molecular flexibility index (Phi) is 6.30. The highest BCUT2D eigenvalue weighted by Gasteiger charge is 2.17. The molecule has 1 aromatic heterocycles. The molecule has 2 aromatic carbocycles. The number of rotatable bonds is 7. The summed E-state index contributed by atoms with van der Waals surface area (Å²) in [6, 6.07) is 14.5. The second-order valence-electron chi connectivity index (χ2n) is 7.53. The Labute approximate surface area is 176 Å². The number of fused-ring (bicyclic) bond motifs is 1. The molecule has 0 aliphatic carbocycles. The molecule has 0 spiro atoms. The zero-order chi connectivity index (χ0) is 20.9. The highest BCUT2D eigenvalue weighted by molar-refractivity contribution is 5.80. The standard InChI is InChI=1S/C23H28N4O3/c1-29-13-12-25-8-10-26(11-9-25)19-4-3-5-20(16-19)27-17-24-21-14-18(6-7-22(21)27)15-23(28)30-2/h3-7,14,16-17H,8-13,15H2,1-2H3. The number of anilines is 1. The maximum atomic E-state index is 11.5. The summed E-state index contributed by atoms with van der Waals surface area (Å²) >= 11 is 0. The topological polar surface area (TPSA) is 59.8 Å². The maximum Gasteiger partial charge on any atom is 0.309 e. The van der Waals surface area contributed by atoms with Crippen molar-refractivity contribution in [1.82, 2.24) is 14.5 Å². The molecule has 3 aromatic rings. The summed E-state index contributed by atoms with van der Waals surface area (Å²) in [6.07, 6.45) is 2.10. The highest BCUT2D eigenvalue weighted by Crippen LogP contribution is 2.24. The van der Waals surface area contributed by atoms with Crippen molar-refractivity contribution in [3.05, 3.63) is 54.4 Å². The van der Waals surface area contributed by atoms with Crippen LogP contribution in [0.4, 0.5) is 5.69 Å². The number of nitrogens with zero attached hydrogens (tertiary/aromatic N) is 4. The van der Waals surface area contributed by atoms with Gasteiger partial charge in [-0.15, -0.1) is 0 Å². The Morgan fingerprint density at radius 2 is 1.83 bits per heavy atom.